The molecule has 0 spiro atoms. The normalized spacial score (nSPS) is 10.6. The van der Waals surface area contributed by atoms with Crippen LogP contribution >= 0.6 is 0 Å². The van der Waals surface area contributed by atoms with Crippen molar-refractivity contribution in [2.45, 2.75) is 13.5 Å². The minimum absolute atomic E-state index is 0.0596. The average molecular weight is 340 g/mol. The summed E-state index contributed by atoms with van der Waals surface area (Å²) in [6, 6.07) is 8.28. The molecule has 8 heteroatoms. The van der Waals surface area contributed by atoms with Crippen molar-refractivity contribution in [2.24, 2.45) is 0 Å². The Labute approximate surface area is 143 Å². The minimum Gasteiger partial charge on any atom is -0.464 e. The van der Waals surface area contributed by atoms with Gasteiger partial charge in [-0.2, -0.15) is 0 Å². The molecular weight excluding hydrogens is 324 g/mol. The fraction of sp³-hybridized carbons (Fsp3) is 0.176. The van der Waals surface area contributed by atoms with Gasteiger partial charge < -0.3 is 15.0 Å². The molecule has 3 rings (SSSR count). The third-order valence-electron chi connectivity index (χ3n) is 3.90. The van der Waals surface area contributed by atoms with Crippen molar-refractivity contribution in [1.29, 1.82) is 0 Å². The Bertz CT molecular complexity index is 964. The van der Waals surface area contributed by atoms with Crippen LogP contribution in [-0.4, -0.2) is 28.0 Å². The number of esters is 1. The molecule has 0 aliphatic carbocycles. The molecule has 0 aliphatic heterocycles. The summed E-state index contributed by atoms with van der Waals surface area (Å²) < 4.78 is 4.68. The molecule has 0 fully saturated rings. The van der Waals surface area contributed by atoms with Crippen molar-refractivity contribution < 1.29 is 14.5 Å². The highest BCUT2D eigenvalue weighted by Crippen LogP contribution is 2.21. The number of ether oxygens (including phenoxy) is 1. The number of nitro benzene ring substituents is 1. The molecular formula is C17H16N4O4. The molecule has 128 valence electrons. The number of benzene rings is 1. The van der Waals surface area contributed by atoms with Crippen LogP contribution in [0, 0.1) is 17.0 Å². The van der Waals surface area contributed by atoms with Crippen molar-refractivity contribution in [3.8, 4) is 0 Å². The van der Waals surface area contributed by atoms with Gasteiger partial charge in [0.1, 0.15) is 11.3 Å². The zero-order chi connectivity index (χ0) is 18.0. The maximum Gasteiger partial charge on any atom is 0.354 e. The molecule has 0 atom stereocenters. The molecule has 2 heterocycles. The van der Waals surface area contributed by atoms with Crippen LogP contribution in [0.5, 0.6) is 0 Å². The van der Waals surface area contributed by atoms with E-state index in [0.717, 1.165) is 22.2 Å². The van der Waals surface area contributed by atoms with Crippen molar-refractivity contribution >= 4 is 28.4 Å². The fourth-order valence-corrected chi connectivity index (χ4v) is 2.49. The van der Waals surface area contributed by atoms with Gasteiger partial charge in [0.25, 0.3) is 5.69 Å². The van der Waals surface area contributed by atoms with Crippen LogP contribution in [-0.2, 0) is 11.3 Å². The molecule has 1 aromatic carbocycles. The average Bonchev–Trinajstić information content (AvgIpc) is 3.03. The van der Waals surface area contributed by atoms with Crippen LogP contribution in [0.3, 0.4) is 0 Å². The number of carbonyl (C=O) groups excluding carboxylic acids is 1. The van der Waals surface area contributed by atoms with Crippen molar-refractivity contribution in [1.82, 2.24) is 9.97 Å². The first-order chi connectivity index (χ1) is 12.0. The predicted octanol–water partition coefficient (Wildman–Crippen LogP) is 3.18. The predicted molar refractivity (Wildman–Crippen MR) is 92.6 cm³/mol. The van der Waals surface area contributed by atoms with Crippen molar-refractivity contribution in [3.05, 3.63) is 63.5 Å². The maximum atomic E-state index is 11.6. The van der Waals surface area contributed by atoms with E-state index in [9.17, 15) is 14.9 Å². The smallest absolute Gasteiger partial charge is 0.354 e. The fourth-order valence-electron chi connectivity index (χ4n) is 2.49. The topological polar surface area (TPSA) is 110 Å². The van der Waals surface area contributed by atoms with Crippen LogP contribution in [0.1, 0.15) is 21.6 Å². The first-order valence-electron chi connectivity index (χ1n) is 7.53. The molecule has 25 heavy (non-hydrogen) atoms. The Morgan fingerprint density at radius 1 is 1.36 bits per heavy atom. The number of aryl methyl sites for hydroxylation is 1. The number of nitrogens with one attached hydrogen (secondary N) is 2. The standard InChI is InChI=1S/C17H16N4O4/c1-10-3-4-14(21(23)24)6-12(10)8-18-13-5-11-7-15(17(22)25-2)20-16(11)19-9-13/h3-7,9,18H,8H2,1-2H3,(H,19,20). The summed E-state index contributed by atoms with van der Waals surface area (Å²) in [7, 11) is 1.32. The van der Waals surface area contributed by atoms with Crippen molar-refractivity contribution in [2.75, 3.05) is 12.4 Å². The summed E-state index contributed by atoms with van der Waals surface area (Å²) in [4.78, 5) is 29.2. The number of nitrogens with zero attached hydrogens (tertiary/aromatic N) is 2. The van der Waals surface area contributed by atoms with E-state index in [4.69, 9.17) is 0 Å². The van der Waals surface area contributed by atoms with Crippen molar-refractivity contribution in [3.63, 3.8) is 0 Å². The number of non-ortho nitro benzene ring substituents is 1. The molecule has 0 saturated heterocycles. The molecule has 2 N–H and O–H groups in total. The van der Waals surface area contributed by atoms with Gasteiger partial charge in [0.05, 0.1) is 23.9 Å². The number of methoxy groups -OCH3 is 1. The van der Waals surface area contributed by atoms with Gasteiger partial charge in [-0.3, -0.25) is 10.1 Å². The Hall–Kier alpha value is -3.42. The largest absolute Gasteiger partial charge is 0.464 e. The number of fused-ring (bicyclic) bond motifs is 1. The zero-order valence-corrected chi connectivity index (χ0v) is 13.7. The summed E-state index contributed by atoms with van der Waals surface area (Å²) in [5.41, 5.74) is 3.51. The second-order valence-corrected chi connectivity index (χ2v) is 5.56. The molecule has 0 bridgehead atoms. The van der Waals surface area contributed by atoms with E-state index in [1.807, 2.05) is 13.0 Å². The molecule has 2 aromatic heterocycles. The third-order valence-corrected chi connectivity index (χ3v) is 3.90. The zero-order valence-electron chi connectivity index (χ0n) is 13.7. The van der Waals surface area contributed by atoms with E-state index in [1.165, 1.54) is 13.2 Å². The van der Waals surface area contributed by atoms with Gasteiger partial charge in [-0.25, -0.2) is 9.78 Å². The van der Waals surface area contributed by atoms with Gasteiger partial charge in [0.2, 0.25) is 0 Å². The van der Waals surface area contributed by atoms with Gasteiger partial charge in [-0.15, -0.1) is 0 Å². The number of pyridine rings is 1. The number of hydrogen-bond acceptors (Lipinski definition) is 6. The van der Waals surface area contributed by atoms with Crippen LogP contribution < -0.4 is 5.32 Å². The van der Waals surface area contributed by atoms with Gasteiger partial charge in [-0.05, 0) is 30.2 Å². The quantitative estimate of drug-likeness (QED) is 0.419. The lowest BCUT2D eigenvalue weighted by atomic mass is 10.1. The van der Waals surface area contributed by atoms with E-state index < -0.39 is 10.9 Å². The minimum atomic E-state index is -0.459. The first-order valence-corrected chi connectivity index (χ1v) is 7.53. The third kappa shape index (κ3) is 3.42. The molecule has 0 saturated carbocycles. The van der Waals surface area contributed by atoms with Gasteiger partial charge >= 0.3 is 5.97 Å². The Balaban J connectivity index is 1.80. The van der Waals surface area contributed by atoms with Crippen LogP contribution in [0.25, 0.3) is 11.0 Å². The number of aromatic nitrogens is 2. The number of nitro groups is 1. The Kier molecular flexibility index (Phi) is 4.34. The number of anilines is 1. The van der Waals surface area contributed by atoms with E-state index in [2.05, 4.69) is 20.0 Å². The SMILES string of the molecule is COC(=O)c1cc2cc(NCc3cc([N+](=O)[O-])ccc3C)cnc2[nH]1. The Morgan fingerprint density at radius 3 is 2.88 bits per heavy atom. The number of H-pyrrole nitrogens is 1. The highest BCUT2D eigenvalue weighted by molar-refractivity contribution is 5.94. The highest BCUT2D eigenvalue weighted by atomic mass is 16.6. The molecule has 0 unspecified atom stereocenters. The molecule has 0 radical (unpaired) electrons. The lowest BCUT2D eigenvalue weighted by molar-refractivity contribution is -0.384. The lowest BCUT2D eigenvalue weighted by Crippen LogP contribution is -2.02. The van der Waals surface area contributed by atoms with E-state index in [0.29, 0.717) is 17.9 Å². The second kappa shape index (κ2) is 6.60. The molecule has 0 aliphatic rings. The number of aromatic amines is 1. The maximum absolute atomic E-state index is 11.6. The molecule has 8 nitrogen and oxygen atoms in total. The monoisotopic (exact) mass is 340 g/mol. The van der Waals surface area contributed by atoms with Gasteiger partial charge in [0, 0.05) is 24.1 Å². The highest BCUT2D eigenvalue weighted by Gasteiger charge is 2.11. The molecule has 0 amide bonds. The number of rotatable bonds is 5. The van der Waals surface area contributed by atoms with Crippen LogP contribution in [0.15, 0.2) is 36.5 Å². The van der Waals surface area contributed by atoms with Gasteiger partial charge in [0.15, 0.2) is 0 Å². The number of carbonyl (C=O) groups is 1. The summed E-state index contributed by atoms with van der Waals surface area (Å²) >= 11 is 0. The summed E-state index contributed by atoms with van der Waals surface area (Å²) in [6.45, 7) is 2.33. The van der Waals surface area contributed by atoms with Crippen LogP contribution in [0.2, 0.25) is 0 Å². The second-order valence-electron chi connectivity index (χ2n) is 5.56. The van der Waals surface area contributed by atoms with Crippen LogP contribution in [0.4, 0.5) is 11.4 Å². The van der Waals surface area contributed by atoms with E-state index in [-0.39, 0.29) is 5.69 Å². The Morgan fingerprint density at radius 2 is 2.16 bits per heavy atom. The van der Waals surface area contributed by atoms with Gasteiger partial charge in [-0.1, -0.05) is 6.07 Å². The van der Waals surface area contributed by atoms with E-state index in [1.54, 1.807) is 24.4 Å². The summed E-state index contributed by atoms with van der Waals surface area (Å²) in [5.74, 6) is -0.459. The summed E-state index contributed by atoms with van der Waals surface area (Å²) in [5, 5.41) is 14.9. The summed E-state index contributed by atoms with van der Waals surface area (Å²) in [6.07, 6.45) is 1.63. The lowest BCUT2D eigenvalue weighted by Gasteiger charge is -2.09. The first kappa shape index (κ1) is 16.4. The number of hydrogen-bond donors (Lipinski definition) is 2. The molecule has 3 aromatic rings. The van der Waals surface area contributed by atoms with E-state index >= 15 is 0 Å².